The first-order valence-corrected chi connectivity index (χ1v) is 10.0. The maximum Gasteiger partial charge on any atom is 0.220 e. The van der Waals surface area contributed by atoms with Gasteiger partial charge in [-0.05, 0) is 50.6 Å². The van der Waals surface area contributed by atoms with Crippen LogP contribution >= 0.6 is 0 Å². The molecule has 2 aromatic carbocycles. The predicted molar refractivity (Wildman–Crippen MR) is 111 cm³/mol. The molecule has 30 heavy (non-hydrogen) atoms. The van der Waals surface area contributed by atoms with Crippen LogP contribution < -0.4 is 5.73 Å². The zero-order chi connectivity index (χ0) is 21.3. The SMILES string of the molecule is Cc1ccccc1-c1nn(-c2ccc(F)cc2F)cc1CN1CCC(C(N)=O)CC1. The second-order valence-electron chi connectivity index (χ2n) is 7.81. The molecule has 2 heterocycles. The van der Waals surface area contributed by atoms with Gasteiger partial charge in [0, 0.05) is 35.9 Å². The summed E-state index contributed by atoms with van der Waals surface area (Å²) >= 11 is 0. The number of carbonyl (C=O) groups excluding carboxylic acids is 1. The minimum Gasteiger partial charge on any atom is -0.369 e. The van der Waals surface area contributed by atoms with Gasteiger partial charge in [0.25, 0.3) is 0 Å². The van der Waals surface area contributed by atoms with E-state index in [0.29, 0.717) is 6.54 Å². The zero-order valence-electron chi connectivity index (χ0n) is 16.8. The molecule has 1 amide bonds. The van der Waals surface area contributed by atoms with Crippen molar-refractivity contribution >= 4 is 5.91 Å². The van der Waals surface area contributed by atoms with Gasteiger partial charge in [0.15, 0.2) is 5.82 Å². The highest BCUT2D eigenvalue weighted by Crippen LogP contribution is 2.29. The Hall–Kier alpha value is -3.06. The number of halogens is 2. The van der Waals surface area contributed by atoms with Gasteiger partial charge in [-0.2, -0.15) is 5.10 Å². The summed E-state index contributed by atoms with van der Waals surface area (Å²) in [5.41, 5.74) is 9.40. The van der Waals surface area contributed by atoms with Crippen LogP contribution in [0.2, 0.25) is 0 Å². The number of benzene rings is 2. The molecule has 5 nitrogen and oxygen atoms in total. The molecular weight excluding hydrogens is 386 g/mol. The van der Waals surface area contributed by atoms with Crippen LogP contribution in [0, 0.1) is 24.5 Å². The lowest BCUT2D eigenvalue weighted by atomic mass is 9.95. The minimum absolute atomic E-state index is 0.0758. The predicted octanol–water partition coefficient (Wildman–Crippen LogP) is 3.82. The summed E-state index contributed by atoms with van der Waals surface area (Å²) in [6.07, 6.45) is 3.27. The Kier molecular flexibility index (Phi) is 5.63. The number of carbonyl (C=O) groups is 1. The molecule has 156 valence electrons. The molecule has 1 fully saturated rings. The van der Waals surface area contributed by atoms with Gasteiger partial charge < -0.3 is 5.73 Å². The monoisotopic (exact) mass is 410 g/mol. The molecule has 0 unspecified atom stereocenters. The number of hydrogen-bond donors (Lipinski definition) is 1. The van der Waals surface area contributed by atoms with Crippen molar-refractivity contribution in [2.45, 2.75) is 26.3 Å². The molecule has 1 aromatic heterocycles. The summed E-state index contributed by atoms with van der Waals surface area (Å²) in [5.74, 6) is -1.61. The van der Waals surface area contributed by atoms with Crippen molar-refractivity contribution in [3.05, 3.63) is 71.4 Å². The van der Waals surface area contributed by atoms with Crippen LogP contribution in [0.15, 0.2) is 48.7 Å². The van der Waals surface area contributed by atoms with Gasteiger partial charge in [0.1, 0.15) is 11.5 Å². The lowest BCUT2D eigenvalue weighted by Gasteiger charge is -2.30. The smallest absolute Gasteiger partial charge is 0.220 e. The number of amides is 1. The summed E-state index contributed by atoms with van der Waals surface area (Å²) < 4.78 is 29.2. The first-order valence-electron chi connectivity index (χ1n) is 10.0. The molecule has 7 heteroatoms. The number of primary amides is 1. The largest absolute Gasteiger partial charge is 0.369 e. The molecule has 1 saturated heterocycles. The molecule has 0 atom stereocenters. The molecule has 1 aliphatic heterocycles. The second-order valence-corrected chi connectivity index (χ2v) is 7.81. The van der Waals surface area contributed by atoms with Gasteiger partial charge in [-0.15, -0.1) is 0 Å². The quantitative estimate of drug-likeness (QED) is 0.695. The molecule has 0 saturated carbocycles. The average molecular weight is 410 g/mol. The van der Waals surface area contributed by atoms with Gasteiger partial charge in [-0.3, -0.25) is 9.69 Å². The van der Waals surface area contributed by atoms with Crippen LogP contribution in [0.4, 0.5) is 8.78 Å². The van der Waals surface area contributed by atoms with Crippen molar-refractivity contribution in [1.29, 1.82) is 0 Å². The lowest BCUT2D eigenvalue weighted by Crippen LogP contribution is -2.38. The Balaban J connectivity index is 1.69. The van der Waals surface area contributed by atoms with Crippen molar-refractivity contribution in [2.75, 3.05) is 13.1 Å². The molecule has 3 aromatic rings. The summed E-state index contributed by atoms with van der Waals surface area (Å²) in [5, 5.41) is 4.66. The second kappa shape index (κ2) is 8.36. The topological polar surface area (TPSA) is 64.2 Å². The maximum atomic E-state index is 14.4. The number of aromatic nitrogens is 2. The van der Waals surface area contributed by atoms with Crippen LogP contribution in [-0.4, -0.2) is 33.7 Å². The number of nitrogens with zero attached hydrogens (tertiary/aromatic N) is 3. The molecule has 4 rings (SSSR count). The minimum atomic E-state index is -0.664. The summed E-state index contributed by atoms with van der Waals surface area (Å²) in [4.78, 5) is 13.7. The fourth-order valence-corrected chi connectivity index (χ4v) is 4.00. The first kappa shape index (κ1) is 20.2. The Labute approximate surface area is 174 Å². The molecule has 1 aliphatic rings. The fraction of sp³-hybridized carbons (Fsp3) is 0.304. The molecule has 0 radical (unpaired) electrons. The van der Waals surface area contributed by atoms with E-state index in [-0.39, 0.29) is 17.5 Å². The van der Waals surface area contributed by atoms with Crippen molar-refractivity contribution in [3.63, 3.8) is 0 Å². The van der Waals surface area contributed by atoms with Crippen LogP contribution in [0.5, 0.6) is 0 Å². The van der Waals surface area contributed by atoms with E-state index < -0.39 is 11.6 Å². The van der Waals surface area contributed by atoms with E-state index in [1.165, 1.54) is 16.8 Å². The third kappa shape index (κ3) is 4.11. The van der Waals surface area contributed by atoms with Crippen LogP contribution in [0.3, 0.4) is 0 Å². The number of aryl methyl sites for hydroxylation is 1. The molecule has 2 N–H and O–H groups in total. The normalized spacial score (nSPS) is 15.4. The van der Waals surface area contributed by atoms with Crippen molar-refractivity contribution in [3.8, 4) is 16.9 Å². The Morgan fingerprint density at radius 2 is 1.90 bits per heavy atom. The highest BCUT2D eigenvalue weighted by Gasteiger charge is 2.25. The Bertz CT molecular complexity index is 1070. The van der Waals surface area contributed by atoms with Gasteiger partial charge in [0.2, 0.25) is 5.91 Å². The fourth-order valence-electron chi connectivity index (χ4n) is 4.00. The number of likely N-dealkylation sites (tertiary alicyclic amines) is 1. The van der Waals surface area contributed by atoms with Gasteiger partial charge in [-0.1, -0.05) is 24.3 Å². The van der Waals surface area contributed by atoms with E-state index in [4.69, 9.17) is 5.73 Å². The summed E-state index contributed by atoms with van der Waals surface area (Å²) in [6, 6.07) is 11.4. The highest BCUT2D eigenvalue weighted by atomic mass is 19.1. The maximum absolute atomic E-state index is 14.4. The van der Waals surface area contributed by atoms with E-state index in [1.54, 1.807) is 6.20 Å². The van der Waals surface area contributed by atoms with E-state index in [9.17, 15) is 13.6 Å². The Morgan fingerprint density at radius 1 is 1.17 bits per heavy atom. The first-order chi connectivity index (χ1) is 14.4. The van der Waals surface area contributed by atoms with Crippen molar-refractivity contribution < 1.29 is 13.6 Å². The number of piperidine rings is 1. The molecular formula is C23H24F2N4O. The third-order valence-corrected chi connectivity index (χ3v) is 5.73. The van der Waals surface area contributed by atoms with E-state index in [1.807, 2.05) is 31.2 Å². The van der Waals surface area contributed by atoms with Gasteiger partial charge in [0.05, 0.1) is 5.69 Å². The number of hydrogen-bond acceptors (Lipinski definition) is 3. The third-order valence-electron chi connectivity index (χ3n) is 5.73. The van der Waals surface area contributed by atoms with Crippen molar-refractivity contribution in [2.24, 2.45) is 11.7 Å². The van der Waals surface area contributed by atoms with E-state index in [2.05, 4.69) is 10.00 Å². The van der Waals surface area contributed by atoms with Gasteiger partial charge in [-0.25, -0.2) is 13.5 Å². The molecule has 0 aliphatic carbocycles. The standard InChI is InChI=1S/C23H24F2N4O/c1-15-4-2-3-5-19(15)22-17(13-28-10-8-16(9-11-28)23(26)30)14-29(27-22)21-7-6-18(24)12-20(21)25/h2-7,12,14,16H,8-11,13H2,1H3,(H2,26,30). The van der Waals surface area contributed by atoms with Crippen LogP contribution in [0.1, 0.15) is 24.0 Å². The molecule has 0 spiro atoms. The highest BCUT2D eigenvalue weighted by molar-refractivity contribution is 5.76. The number of nitrogens with two attached hydrogens (primary N) is 1. The average Bonchev–Trinajstić information content (AvgIpc) is 3.12. The van der Waals surface area contributed by atoms with Crippen molar-refractivity contribution in [1.82, 2.24) is 14.7 Å². The molecule has 0 bridgehead atoms. The number of rotatable bonds is 5. The van der Waals surface area contributed by atoms with Gasteiger partial charge >= 0.3 is 0 Å². The van der Waals surface area contributed by atoms with Crippen LogP contribution in [0.25, 0.3) is 16.9 Å². The summed E-state index contributed by atoms with van der Waals surface area (Å²) in [6.45, 7) is 4.15. The summed E-state index contributed by atoms with van der Waals surface area (Å²) in [7, 11) is 0. The van der Waals surface area contributed by atoms with Crippen LogP contribution in [-0.2, 0) is 11.3 Å². The lowest BCUT2D eigenvalue weighted by molar-refractivity contribution is -0.123. The van der Waals surface area contributed by atoms with E-state index >= 15 is 0 Å². The zero-order valence-corrected chi connectivity index (χ0v) is 16.8. The van der Waals surface area contributed by atoms with E-state index in [0.717, 1.165) is 54.4 Å². The Morgan fingerprint density at radius 3 is 2.57 bits per heavy atom.